The molecule has 0 aliphatic heterocycles. The highest BCUT2D eigenvalue weighted by atomic mass is 19.4. The molecule has 0 fully saturated rings. The molecule has 2 nitrogen and oxygen atoms in total. The molecule has 2 aromatic carbocycles. The predicted octanol–water partition coefficient (Wildman–Crippen LogP) is 5.10. The number of fused-ring (bicyclic) bond motifs is 1. The number of hydrogen-bond acceptors (Lipinski definition) is 1. The Hall–Kier alpha value is -2.51. The molecule has 0 saturated carbocycles. The maximum absolute atomic E-state index is 13.7. The fraction of sp³-hybridized carbons (Fsp3) is 0.316. The number of carbonyl (C=O) groups excluding carboxylic acids is 1. The Bertz CT molecular complexity index is 885. The minimum absolute atomic E-state index is 0.0323. The number of benzene rings is 2. The van der Waals surface area contributed by atoms with Crippen LogP contribution in [0.15, 0.2) is 36.4 Å². The lowest BCUT2D eigenvalue weighted by atomic mass is 9.76. The number of amides is 1. The summed E-state index contributed by atoms with van der Waals surface area (Å²) in [6.45, 7) is 0. The van der Waals surface area contributed by atoms with Crippen LogP contribution in [-0.2, 0) is 25.2 Å². The van der Waals surface area contributed by atoms with Crippen LogP contribution >= 0.6 is 0 Å². The third-order valence-electron chi connectivity index (χ3n) is 4.85. The largest absolute Gasteiger partial charge is 0.417 e. The highest BCUT2D eigenvalue weighted by Gasteiger charge is 2.45. The van der Waals surface area contributed by atoms with Gasteiger partial charge in [0.2, 0.25) is 5.91 Å². The highest BCUT2D eigenvalue weighted by Crippen LogP contribution is 2.47. The average Bonchev–Trinajstić information content (AvgIpc) is 2.58. The zero-order chi connectivity index (χ0) is 20.0. The Balaban J connectivity index is 2.26. The van der Waals surface area contributed by atoms with E-state index in [0.717, 1.165) is 5.56 Å². The van der Waals surface area contributed by atoms with Gasteiger partial charge < -0.3 is 5.73 Å². The Labute approximate surface area is 151 Å². The number of alkyl halides is 6. The molecule has 1 unspecified atom stereocenters. The van der Waals surface area contributed by atoms with Gasteiger partial charge in [-0.25, -0.2) is 0 Å². The van der Waals surface area contributed by atoms with E-state index in [-0.39, 0.29) is 12.8 Å². The van der Waals surface area contributed by atoms with E-state index in [2.05, 4.69) is 0 Å². The van der Waals surface area contributed by atoms with Gasteiger partial charge in [0.1, 0.15) is 0 Å². The summed E-state index contributed by atoms with van der Waals surface area (Å²) >= 11 is 0. The van der Waals surface area contributed by atoms with Crippen LogP contribution in [0, 0.1) is 0 Å². The molecule has 0 spiro atoms. The Morgan fingerprint density at radius 2 is 1.56 bits per heavy atom. The van der Waals surface area contributed by atoms with Crippen LogP contribution in [0.2, 0.25) is 0 Å². The van der Waals surface area contributed by atoms with E-state index >= 15 is 0 Å². The first-order chi connectivity index (χ1) is 12.5. The average molecular weight is 387 g/mol. The molecule has 0 heterocycles. The van der Waals surface area contributed by atoms with E-state index in [1.54, 1.807) is 24.3 Å². The minimum Gasteiger partial charge on any atom is -0.366 e. The number of rotatable bonds is 2. The molecule has 1 amide bonds. The second-order valence-corrected chi connectivity index (χ2v) is 6.52. The van der Waals surface area contributed by atoms with E-state index < -0.39 is 46.4 Å². The molecule has 2 aromatic rings. The number of primary amides is 1. The smallest absolute Gasteiger partial charge is 0.366 e. The van der Waals surface area contributed by atoms with Crippen molar-refractivity contribution in [3.05, 3.63) is 69.8 Å². The molecule has 8 heteroatoms. The van der Waals surface area contributed by atoms with Crippen molar-refractivity contribution >= 4 is 5.91 Å². The lowest BCUT2D eigenvalue weighted by Crippen LogP contribution is -2.27. The fourth-order valence-corrected chi connectivity index (χ4v) is 3.75. The molecule has 1 atom stereocenters. The van der Waals surface area contributed by atoms with Crippen LogP contribution in [0.1, 0.15) is 50.5 Å². The first-order valence-electron chi connectivity index (χ1n) is 8.18. The van der Waals surface area contributed by atoms with Gasteiger partial charge in [-0.05, 0) is 54.0 Å². The Morgan fingerprint density at radius 3 is 2.11 bits per heavy atom. The van der Waals surface area contributed by atoms with E-state index in [1.807, 2.05) is 0 Å². The third kappa shape index (κ3) is 3.65. The zero-order valence-electron chi connectivity index (χ0n) is 13.9. The van der Waals surface area contributed by atoms with Crippen molar-refractivity contribution in [3.8, 4) is 0 Å². The van der Waals surface area contributed by atoms with Gasteiger partial charge >= 0.3 is 12.4 Å². The number of hydrogen-bond donors (Lipinski definition) is 1. The number of carbonyl (C=O) groups is 1. The fourth-order valence-electron chi connectivity index (χ4n) is 3.75. The quantitative estimate of drug-likeness (QED) is 0.717. The summed E-state index contributed by atoms with van der Waals surface area (Å²) in [7, 11) is 0. The summed E-state index contributed by atoms with van der Waals surface area (Å²) in [5.41, 5.74) is 1.86. The van der Waals surface area contributed by atoms with Crippen LogP contribution in [0.5, 0.6) is 0 Å². The van der Waals surface area contributed by atoms with Crippen molar-refractivity contribution < 1.29 is 31.1 Å². The van der Waals surface area contributed by atoms with Crippen LogP contribution in [0.25, 0.3) is 0 Å². The number of nitrogens with two attached hydrogens (primary N) is 1. The first-order valence-corrected chi connectivity index (χ1v) is 8.18. The summed E-state index contributed by atoms with van der Waals surface area (Å²) < 4.78 is 81.7. The van der Waals surface area contributed by atoms with Crippen molar-refractivity contribution in [1.29, 1.82) is 0 Å². The summed E-state index contributed by atoms with van der Waals surface area (Å²) in [6.07, 6.45) is -9.62. The molecule has 0 radical (unpaired) electrons. The first kappa shape index (κ1) is 19.3. The maximum Gasteiger partial charge on any atom is 0.417 e. The van der Waals surface area contributed by atoms with Crippen LogP contribution < -0.4 is 5.73 Å². The van der Waals surface area contributed by atoms with Gasteiger partial charge in [0.25, 0.3) is 0 Å². The van der Waals surface area contributed by atoms with Crippen molar-refractivity contribution in [2.45, 2.75) is 37.5 Å². The van der Waals surface area contributed by atoms with Crippen molar-refractivity contribution in [2.75, 3.05) is 0 Å². The molecule has 144 valence electrons. The molecular formula is C19H15F6NO. The Morgan fingerprint density at radius 1 is 0.926 bits per heavy atom. The molecule has 0 bridgehead atoms. The van der Waals surface area contributed by atoms with Gasteiger partial charge in [0.05, 0.1) is 16.7 Å². The lowest BCUT2D eigenvalue weighted by Gasteiger charge is -2.30. The topological polar surface area (TPSA) is 43.1 Å². The van der Waals surface area contributed by atoms with Gasteiger partial charge in [0, 0.05) is 0 Å². The minimum atomic E-state index is -5.14. The number of halogens is 6. The molecule has 3 rings (SSSR count). The summed E-state index contributed by atoms with van der Waals surface area (Å²) in [5.74, 6) is -2.43. The molecule has 0 aromatic heterocycles. The van der Waals surface area contributed by atoms with Gasteiger partial charge in [-0.2, -0.15) is 26.3 Å². The van der Waals surface area contributed by atoms with E-state index in [4.69, 9.17) is 5.73 Å². The highest BCUT2D eigenvalue weighted by molar-refractivity contribution is 5.95. The normalized spacial score (nSPS) is 17.5. The molecule has 0 saturated heterocycles. The summed E-state index contributed by atoms with van der Waals surface area (Å²) in [6, 6.07) is 7.99. The molecule has 27 heavy (non-hydrogen) atoms. The maximum atomic E-state index is 13.7. The second kappa shape index (κ2) is 6.58. The number of aryl methyl sites for hydroxylation is 1. The Kier molecular flexibility index (Phi) is 4.69. The standard InChI is InChI=1S/C19H15F6NO/c20-18(21,22)14-8-7-13(17(26)27)16(19(23,24)25)15(14)12-6-5-10-3-1-2-4-11(10)9-12/h1-4,7-8,12H,5-6,9H2,(H2,26,27). The monoisotopic (exact) mass is 387 g/mol. The van der Waals surface area contributed by atoms with Gasteiger partial charge in [-0.1, -0.05) is 24.3 Å². The lowest BCUT2D eigenvalue weighted by molar-refractivity contribution is -0.144. The van der Waals surface area contributed by atoms with E-state index in [0.29, 0.717) is 24.1 Å². The SMILES string of the molecule is NC(=O)c1ccc(C(F)(F)F)c(C2CCc3ccccc3C2)c1C(F)(F)F. The predicted molar refractivity (Wildman–Crippen MR) is 86.2 cm³/mol. The third-order valence-corrected chi connectivity index (χ3v) is 4.85. The summed E-state index contributed by atoms with van der Waals surface area (Å²) in [5, 5.41) is 0. The van der Waals surface area contributed by atoms with Crippen molar-refractivity contribution in [3.63, 3.8) is 0 Å². The molecular weight excluding hydrogens is 372 g/mol. The second-order valence-electron chi connectivity index (χ2n) is 6.52. The van der Waals surface area contributed by atoms with Gasteiger partial charge in [0.15, 0.2) is 0 Å². The van der Waals surface area contributed by atoms with Crippen LogP contribution in [0.3, 0.4) is 0 Å². The molecule has 1 aliphatic rings. The zero-order valence-corrected chi connectivity index (χ0v) is 13.9. The van der Waals surface area contributed by atoms with Crippen LogP contribution in [-0.4, -0.2) is 5.91 Å². The summed E-state index contributed by atoms with van der Waals surface area (Å²) in [4.78, 5) is 11.5. The van der Waals surface area contributed by atoms with Crippen LogP contribution in [0.4, 0.5) is 26.3 Å². The molecule has 1 aliphatic carbocycles. The van der Waals surface area contributed by atoms with Crippen molar-refractivity contribution in [1.82, 2.24) is 0 Å². The van der Waals surface area contributed by atoms with Gasteiger partial charge in [-0.15, -0.1) is 0 Å². The van der Waals surface area contributed by atoms with Crippen molar-refractivity contribution in [2.24, 2.45) is 5.73 Å². The van der Waals surface area contributed by atoms with E-state index in [1.165, 1.54) is 0 Å². The van der Waals surface area contributed by atoms with E-state index in [9.17, 15) is 31.1 Å². The molecule has 2 N–H and O–H groups in total. The van der Waals surface area contributed by atoms with Gasteiger partial charge in [-0.3, -0.25) is 4.79 Å².